The molecule has 128 valence electrons. The minimum absolute atomic E-state index is 0.0606. The number of methoxy groups -OCH3 is 1. The van der Waals surface area contributed by atoms with Crippen LogP contribution in [-0.2, 0) is 0 Å². The molecule has 1 aliphatic rings. The summed E-state index contributed by atoms with van der Waals surface area (Å²) in [5.41, 5.74) is 1.25. The van der Waals surface area contributed by atoms with Gasteiger partial charge < -0.3 is 9.64 Å². The Labute approximate surface area is 136 Å². The quantitative estimate of drug-likeness (QED) is 0.864. The molecule has 2 aromatic rings. The Morgan fingerprint density at radius 2 is 2.04 bits per heavy atom. The first kappa shape index (κ1) is 16.4. The second-order valence-corrected chi connectivity index (χ2v) is 5.57. The number of carbonyl (C=O) groups is 1. The maximum atomic E-state index is 12.9. The highest BCUT2D eigenvalue weighted by Crippen LogP contribution is 2.35. The van der Waals surface area contributed by atoms with Gasteiger partial charge in [-0.1, -0.05) is 12.1 Å². The minimum Gasteiger partial charge on any atom is -0.494 e. The number of hydrogen-bond donors (Lipinski definition) is 0. The number of halogens is 3. The lowest BCUT2D eigenvalue weighted by Crippen LogP contribution is -2.58. The number of amides is 1. The number of rotatable bonds is 3. The molecule has 1 atom stereocenters. The molecule has 1 aromatic heterocycles. The zero-order valence-corrected chi connectivity index (χ0v) is 13.2. The summed E-state index contributed by atoms with van der Waals surface area (Å²) in [5.74, 6) is -0.0953. The minimum atomic E-state index is -4.40. The van der Waals surface area contributed by atoms with Crippen LogP contribution < -0.4 is 4.74 Å². The lowest BCUT2D eigenvalue weighted by molar-refractivity contribution is -0.199. The third-order valence-corrected chi connectivity index (χ3v) is 4.21. The molecule has 8 heteroatoms. The smallest absolute Gasteiger partial charge is 0.408 e. The Balaban J connectivity index is 1.92. The van der Waals surface area contributed by atoms with Gasteiger partial charge in [0.15, 0.2) is 0 Å². The van der Waals surface area contributed by atoms with E-state index in [1.807, 2.05) is 0 Å². The number of ether oxygens (including phenoxy) is 1. The number of hydrogen-bond acceptors (Lipinski definition) is 3. The van der Waals surface area contributed by atoms with E-state index in [4.69, 9.17) is 4.74 Å². The third kappa shape index (κ3) is 2.61. The van der Waals surface area contributed by atoms with Gasteiger partial charge in [0.2, 0.25) is 0 Å². The van der Waals surface area contributed by atoms with Crippen molar-refractivity contribution in [1.82, 2.24) is 14.7 Å². The maximum absolute atomic E-state index is 12.9. The van der Waals surface area contributed by atoms with Crippen molar-refractivity contribution >= 4 is 5.91 Å². The van der Waals surface area contributed by atoms with E-state index in [1.165, 1.54) is 18.0 Å². The van der Waals surface area contributed by atoms with Crippen molar-refractivity contribution in [2.24, 2.45) is 0 Å². The van der Waals surface area contributed by atoms with Gasteiger partial charge in [0.25, 0.3) is 5.91 Å². The molecule has 1 unspecified atom stereocenters. The monoisotopic (exact) mass is 339 g/mol. The van der Waals surface area contributed by atoms with Crippen molar-refractivity contribution in [2.45, 2.75) is 25.6 Å². The molecule has 0 radical (unpaired) electrons. The van der Waals surface area contributed by atoms with E-state index >= 15 is 0 Å². The topological polar surface area (TPSA) is 47.4 Å². The van der Waals surface area contributed by atoms with E-state index in [0.717, 1.165) is 4.90 Å². The van der Waals surface area contributed by atoms with Crippen molar-refractivity contribution in [1.29, 1.82) is 0 Å². The summed E-state index contributed by atoms with van der Waals surface area (Å²) in [6, 6.07) is 5.37. The van der Waals surface area contributed by atoms with Gasteiger partial charge >= 0.3 is 6.18 Å². The molecule has 1 aliphatic heterocycles. The first-order chi connectivity index (χ1) is 11.3. The van der Waals surface area contributed by atoms with Gasteiger partial charge in [0.1, 0.15) is 17.5 Å². The van der Waals surface area contributed by atoms with Gasteiger partial charge in [-0.05, 0) is 25.5 Å². The van der Waals surface area contributed by atoms with Crippen molar-refractivity contribution in [3.05, 3.63) is 41.7 Å². The van der Waals surface area contributed by atoms with Crippen LogP contribution in [0.1, 0.15) is 22.5 Å². The summed E-state index contributed by atoms with van der Waals surface area (Å²) in [6.45, 7) is 1.75. The molecule has 1 saturated heterocycles. The molecule has 1 fully saturated rings. The summed E-state index contributed by atoms with van der Waals surface area (Å²) in [7, 11) is 1.51. The Kier molecular flexibility index (Phi) is 3.98. The van der Waals surface area contributed by atoms with E-state index < -0.39 is 18.1 Å². The molecule has 0 saturated carbocycles. The SMILES string of the molecule is COc1ccccc1-n1ncc(C(=O)N2CCC2C(F)(F)F)c1C. The normalized spacial score (nSPS) is 17.5. The largest absolute Gasteiger partial charge is 0.494 e. The van der Waals surface area contributed by atoms with Crippen LogP contribution in [0.2, 0.25) is 0 Å². The molecule has 0 aliphatic carbocycles. The van der Waals surface area contributed by atoms with Crippen LogP contribution in [-0.4, -0.2) is 46.5 Å². The lowest BCUT2D eigenvalue weighted by Gasteiger charge is -2.41. The number of nitrogens with zero attached hydrogens (tertiary/aromatic N) is 3. The Hall–Kier alpha value is -2.51. The zero-order chi connectivity index (χ0) is 17.5. The van der Waals surface area contributed by atoms with Crippen LogP contribution in [0, 0.1) is 6.92 Å². The van der Waals surface area contributed by atoms with Crippen molar-refractivity contribution in [3.8, 4) is 11.4 Å². The van der Waals surface area contributed by atoms with Crippen LogP contribution in [0.25, 0.3) is 5.69 Å². The highest BCUT2D eigenvalue weighted by molar-refractivity contribution is 5.96. The molecule has 0 bridgehead atoms. The fourth-order valence-corrected chi connectivity index (χ4v) is 2.79. The number of benzene rings is 1. The summed E-state index contributed by atoms with van der Waals surface area (Å²) in [5, 5.41) is 4.15. The van der Waals surface area contributed by atoms with E-state index in [0.29, 0.717) is 17.1 Å². The van der Waals surface area contributed by atoms with E-state index in [-0.39, 0.29) is 18.5 Å². The van der Waals surface area contributed by atoms with E-state index in [9.17, 15) is 18.0 Å². The molecule has 2 heterocycles. The molecule has 0 N–H and O–H groups in total. The third-order valence-electron chi connectivity index (χ3n) is 4.21. The summed E-state index contributed by atoms with van der Waals surface area (Å²) < 4.78 is 45.4. The number of likely N-dealkylation sites (tertiary alicyclic amines) is 1. The Bertz CT molecular complexity index is 770. The first-order valence-electron chi connectivity index (χ1n) is 7.40. The number of aromatic nitrogens is 2. The fourth-order valence-electron chi connectivity index (χ4n) is 2.79. The van der Waals surface area contributed by atoms with Gasteiger partial charge in [-0.2, -0.15) is 18.3 Å². The summed E-state index contributed by atoms with van der Waals surface area (Å²) in [6.07, 6.45) is -3.16. The predicted octanol–water partition coefficient (Wildman–Crippen LogP) is 2.97. The molecule has 5 nitrogen and oxygen atoms in total. The predicted molar refractivity (Wildman–Crippen MR) is 80.3 cm³/mol. The Morgan fingerprint density at radius 1 is 1.33 bits per heavy atom. The highest BCUT2D eigenvalue weighted by atomic mass is 19.4. The standard InChI is InChI=1S/C16H16F3N3O2/c1-10-11(15(23)21-8-7-14(21)16(17,18)19)9-20-22(10)12-5-3-4-6-13(12)24-2/h3-6,9,14H,7-8H2,1-2H3. The van der Waals surface area contributed by atoms with Gasteiger partial charge in [-0.3, -0.25) is 4.79 Å². The number of alkyl halides is 3. The van der Waals surface area contributed by atoms with Gasteiger partial charge in [0.05, 0.1) is 24.6 Å². The summed E-state index contributed by atoms with van der Waals surface area (Å²) in [4.78, 5) is 13.3. The second kappa shape index (κ2) is 5.85. The Morgan fingerprint density at radius 3 is 2.62 bits per heavy atom. The molecule has 3 rings (SSSR count). The molecular formula is C16H16F3N3O2. The van der Waals surface area contributed by atoms with E-state index in [2.05, 4.69) is 5.10 Å². The molecule has 24 heavy (non-hydrogen) atoms. The number of para-hydroxylation sites is 2. The molecule has 1 amide bonds. The van der Waals surface area contributed by atoms with E-state index in [1.54, 1.807) is 31.2 Å². The van der Waals surface area contributed by atoms with Crippen LogP contribution in [0.15, 0.2) is 30.5 Å². The highest BCUT2D eigenvalue weighted by Gasteiger charge is 2.51. The zero-order valence-electron chi connectivity index (χ0n) is 13.2. The summed E-state index contributed by atoms with van der Waals surface area (Å²) >= 11 is 0. The van der Waals surface area contributed by atoms with Gasteiger partial charge in [0, 0.05) is 6.54 Å². The fraction of sp³-hybridized carbons (Fsp3) is 0.375. The lowest BCUT2D eigenvalue weighted by atomic mass is 10.0. The second-order valence-electron chi connectivity index (χ2n) is 5.57. The average Bonchev–Trinajstić information content (AvgIpc) is 2.85. The van der Waals surface area contributed by atoms with Gasteiger partial charge in [-0.25, -0.2) is 4.68 Å². The van der Waals surface area contributed by atoms with Crippen LogP contribution in [0.4, 0.5) is 13.2 Å². The van der Waals surface area contributed by atoms with Crippen LogP contribution in [0.3, 0.4) is 0 Å². The average molecular weight is 339 g/mol. The van der Waals surface area contributed by atoms with Crippen molar-refractivity contribution in [3.63, 3.8) is 0 Å². The van der Waals surface area contributed by atoms with Crippen LogP contribution >= 0.6 is 0 Å². The van der Waals surface area contributed by atoms with Crippen molar-refractivity contribution in [2.75, 3.05) is 13.7 Å². The van der Waals surface area contributed by atoms with Gasteiger partial charge in [-0.15, -0.1) is 0 Å². The van der Waals surface area contributed by atoms with Crippen molar-refractivity contribution < 1.29 is 22.7 Å². The molecule has 1 aromatic carbocycles. The molecule has 0 spiro atoms. The first-order valence-corrected chi connectivity index (χ1v) is 7.40. The van der Waals surface area contributed by atoms with Crippen LogP contribution in [0.5, 0.6) is 5.75 Å². The maximum Gasteiger partial charge on any atom is 0.408 e. The number of carbonyl (C=O) groups excluding carboxylic acids is 1. The molecular weight excluding hydrogens is 323 g/mol.